The Morgan fingerprint density at radius 3 is 2.80 bits per heavy atom. The number of para-hydroxylation sites is 1. The van der Waals surface area contributed by atoms with Gasteiger partial charge in [-0.3, -0.25) is 0 Å². The Bertz CT molecular complexity index is 393. The molecule has 1 aromatic carbocycles. The molecule has 0 amide bonds. The van der Waals surface area contributed by atoms with Gasteiger partial charge in [0, 0.05) is 13.2 Å². The van der Waals surface area contributed by atoms with E-state index in [1.807, 2.05) is 13.0 Å². The summed E-state index contributed by atoms with van der Waals surface area (Å²) in [5.41, 5.74) is 0.460. The molecule has 5 heteroatoms. The lowest BCUT2D eigenvalue weighted by atomic mass is 10.2. The molecule has 0 aromatic heterocycles. The molecule has 0 N–H and O–H groups in total. The van der Waals surface area contributed by atoms with Gasteiger partial charge in [0.2, 0.25) is 0 Å². The molecule has 80 valence electrons. The summed E-state index contributed by atoms with van der Waals surface area (Å²) >= 11 is 0. The van der Waals surface area contributed by atoms with Gasteiger partial charge in [0.1, 0.15) is 5.75 Å². The van der Waals surface area contributed by atoms with E-state index in [4.69, 9.17) is 13.3 Å². The summed E-state index contributed by atoms with van der Waals surface area (Å²) in [7, 11) is -2.80. The van der Waals surface area contributed by atoms with Crippen LogP contribution in [0, 0.1) is 0 Å². The van der Waals surface area contributed by atoms with Crippen molar-refractivity contribution in [3.05, 3.63) is 29.8 Å². The highest BCUT2D eigenvalue weighted by Gasteiger charge is 2.46. The minimum atomic E-state index is -2.80. The van der Waals surface area contributed by atoms with Crippen molar-refractivity contribution in [2.45, 2.75) is 13.5 Å². The van der Waals surface area contributed by atoms with Crippen LogP contribution in [-0.4, -0.2) is 21.4 Å². The number of carbonyl (C=O) groups excluding carboxylic acids is 1. The first-order valence-corrected chi connectivity index (χ1v) is 7.02. The van der Waals surface area contributed by atoms with Crippen LogP contribution < -0.4 is 4.43 Å². The average Bonchev–Trinajstić information content (AvgIpc) is 2.17. The fraction of sp³-hybridized carbons (Fsp3) is 0.300. The maximum Gasteiger partial charge on any atom is 0.631 e. The lowest BCUT2D eigenvalue weighted by Crippen LogP contribution is -2.50. The molecule has 0 spiro atoms. The van der Waals surface area contributed by atoms with Crippen LogP contribution in [0.1, 0.15) is 17.3 Å². The zero-order valence-corrected chi connectivity index (χ0v) is 9.65. The fourth-order valence-corrected chi connectivity index (χ4v) is 3.20. The highest BCUT2D eigenvalue weighted by Crippen LogP contribution is 2.29. The van der Waals surface area contributed by atoms with E-state index in [0.29, 0.717) is 17.9 Å². The Labute approximate surface area is 89.1 Å². The highest BCUT2D eigenvalue weighted by molar-refractivity contribution is 6.62. The topological polar surface area (TPSA) is 44.8 Å². The summed E-state index contributed by atoms with van der Waals surface area (Å²) in [4.78, 5) is 11.6. The standard InChI is InChI=1S/C10H12O4Si/c1-3-12-15(2)13-9-7-5-4-6-8(9)10(11)14-15/h4-7H,3H2,1-2H3. The minimum Gasteiger partial charge on any atom is -0.491 e. The summed E-state index contributed by atoms with van der Waals surface area (Å²) < 4.78 is 16.2. The second kappa shape index (κ2) is 3.67. The molecule has 0 saturated carbocycles. The summed E-state index contributed by atoms with van der Waals surface area (Å²) in [5.74, 6) is 0.191. The van der Waals surface area contributed by atoms with Crippen LogP contribution in [-0.2, 0) is 8.85 Å². The first-order valence-electron chi connectivity index (χ1n) is 4.80. The van der Waals surface area contributed by atoms with Crippen molar-refractivity contribution >= 4 is 14.8 Å². The zero-order valence-electron chi connectivity index (χ0n) is 8.65. The predicted octanol–water partition coefficient (Wildman–Crippen LogP) is 1.84. The maximum atomic E-state index is 11.6. The Hall–Kier alpha value is -1.33. The van der Waals surface area contributed by atoms with Crippen molar-refractivity contribution in [3.8, 4) is 5.75 Å². The van der Waals surface area contributed by atoms with Gasteiger partial charge in [0.15, 0.2) is 0 Å². The summed E-state index contributed by atoms with van der Waals surface area (Å²) in [6.45, 7) is 4.03. The van der Waals surface area contributed by atoms with Gasteiger partial charge >= 0.3 is 14.8 Å². The van der Waals surface area contributed by atoms with Crippen LogP contribution in [0.15, 0.2) is 24.3 Å². The molecule has 2 rings (SSSR count). The molecule has 1 aliphatic rings. The van der Waals surface area contributed by atoms with Crippen LogP contribution in [0.4, 0.5) is 0 Å². The van der Waals surface area contributed by atoms with Gasteiger partial charge in [0.05, 0.1) is 5.56 Å². The van der Waals surface area contributed by atoms with E-state index in [1.54, 1.807) is 24.7 Å². The van der Waals surface area contributed by atoms with Crippen molar-refractivity contribution in [3.63, 3.8) is 0 Å². The maximum absolute atomic E-state index is 11.6. The first kappa shape index (κ1) is 10.2. The van der Waals surface area contributed by atoms with Gasteiger partial charge in [-0.2, -0.15) is 0 Å². The van der Waals surface area contributed by atoms with E-state index in [0.717, 1.165) is 0 Å². The first-order chi connectivity index (χ1) is 7.14. The van der Waals surface area contributed by atoms with Crippen LogP contribution in [0.5, 0.6) is 5.75 Å². The average molecular weight is 224 g/mol. The van der Waals surface area contributed by atoms with Crippen molar-refractivity contribution in [1.82, 2.24) is 0 Å². The van der Waals surface area contributed by atoms with Crippen LogP contribution in [0.25, 0.3) is 0 Å². The number of carbonyl (C=O) groups is 1. The Kier molecular flexibility index (Phi) is 2.50. The molecule has 0 saturated heterocycles. The quantitative estimate of drug-likeness (QED) is 0.719. The minimum absolute atomic E-state index is 0.362. The van der Waals surface area contributed by atoms with E-state index in [9.17, 15) is 4.79 Å². The summed E-state index contributed by atoms with van der Waals surface area (Å²) in [5, 5.41) is 0. The third-order valence-corrected chi connectivity index (χ3v) is 4.05. The molecule has 1 heterocycles. The molecule has 0 bridgehead atoms. The Morgan fingerprint density at radius 1 is 1.33 bits per heavy atom. The SMILES string of the molecule is CCO[Si]1(C)OC(=O)c2ccccc2O1. The van der Waals surface area contributed by atoms with E-state index < -0.39 is 8.80 Å². The van der Waals surface area contributed by atoms with E-state index in [-0.39, 0.29) is 5.97 Å². The third-order valence-electron chi connectivity index (χ3n) is 2.09. The van der Waals surface area contributed by atoms with Crippen molar-refractivity contribution in [2.24, 2.45) is 0 Å². The van der Waals surface area contributed by atoms with Gasteiger partial charge in [-0.25, -0.2) is 4.79 Å². The van der Waals surface area contributed by atoms with Gasteiger partial charge in [-0.15, -0.1) is 0 Å². The monoisotopic (exact) mass is 224 g/mol. The highest BCUT2D eigenvalue weighted by atomic mass is 28.4. The van der Waals surface area contributed by atoms with Gasteiger partial charge in [0.25, 0.3) is 0 Å². The fourth-order valence-electron chi connectivity index (χ4n) is 1.49. The second-order valence-corrected chi connectivity index (χ2v) is 5.70. The van der Waals surface area contributed by atoms with Crippen molar-refractivity contribution in [1.29, 1.82) is 0 Å². The molecule has 0 fully saturated rings. The normalized spacial score (nSPS) is 24.0. The summed E-state index contributed by atoms with van der Waals surface area (Å²) in [6, 6.07) is 7.02. The molecular formula is C10H12O4Si. The number of benzene rings is 1. The van der Waals surface area contributed by atoms with Crippen LogP contribution in [0.2, 0.25) is 6.55 Å². The summed E-state index contributed by atoms with van der Waals surface area (Å²) in [6.07, 6.45) is 0. The predicted molar refractivity (Wildman–Crippen MR) is 55.7 cm³/mol. The molecule has 1 atom stereocenters. The number of hydrogen-bond acceptors (Lipinski definition) is 4. The van der Waals surface area contributed by atoms with E-state index >= 15 is 0 Å². The lowest BCUT2D eigenvalue weighted by molar-refractivity contribution is 0.0512. The van der Waals surface area contributed by atoms with E-state index in [1.165, 1.54) is 0 Å². The van der Waals surface area contributed by atoms with Crippen molar-refractivity contribution < 1.29 is 18.1 Å². The molecule has 1 aromatic rings. The third kappa shape index (κ3) is 1.88. The smallest absolute Gasteiger partial charge is 0.491 e. The van der Waals surface area contributed by atoms with Gasteiger partial charge in [-0.1, -0.05) is 12.1 Å². The Morgan fingerprint density at radius 2 is 2.07 bits per heavy atom. The molecule has 0 aliphatic carbocycles. The van der Waals surface area contributed by atoms with E-state index in [2.05, 4.69) is 0 Å². The largest absolute Gasteiger partial charge is 0.631 e. The Balaban J connectivity index is 2.34. The molecule has 0 radical (unpaired) electrons. The number of hydrogen-bond donors (Lipinski definition) is 0. The molecule has 15 heavy (non-hydrogen) atoms. The number of fused-ring (bicyclic) bond motifs is 1. The molecule has 4 nitrogen and oxygen atoms in total. The number of rotatable bonds is 2. The second-order valence-electron chi connectivity index (χ2n) is 3.28. The van der Waals surface area contributed by atoms with Gasteiger partial charge in [-0.05, 0) is 19.1 Å². The van der Waals surface area contributed by atoms with Crippen LogP contribution in [0.3, 0.4) is 0 Å². The zero-order chi connectivity index (χ0) is 10.9. The molecule has 1 unspecified atom stereocenters. The lowest BCUT2D eigenvalue weighted by Gasteiger charge is -2.30. The van der Waals surface area contributed by atoms with Crippen molar-refractivity contribution in [2.75, 3.05) is 6.61 Å². The van der Waals surface area contributed by atoms with Gasteiger partial charge < -0.3 is 13.3 Å². The van der Waals surface area contributed by atoms with Crippen LogP contribution >= 0.6 is 0 Å². The molecular weight excluding hydrogens is 212 g/mol. The molecule has 1 aliphatic heterocycles.